The van der Waals surface area contributed by atoms with Crippen LogP contribution in [0.4, 0.5) is 0 Å². The Morgan fingerprint density at radius 3 is 2.41 bits per heavy atom. The molecule has 5 nitrogen and oxygen atoms in total. The first-order chi connectivity index (χ1) is 8.06. The van der Waals surface area contributed by atoms with E-state index in [1.54, 1.807) is 12.1 Å². The smallest absolute Gasteiger partial charge is 0.348 e. The van der Waals surface area contributed by atoms with Crippen LogP contribution in [0.2, 0.25) is 0 Å². The van der Waals surface area contributed by atoms with Gasteiger partial charge in [0.15, 0.2) is 6.10 Å². The van der Waals surface area contributed by atoms with Gasteiger partial charge in [-0.3, -0.25) is 0 Å². The fourth-order valence-corrected chi connectivity index (χ4v) is 1.55. The van der Waals surface area contributed by atoms with Crippen LogP contribution in [-0.2, 0) is 25.5 Å². The first-order valence-electron chi connectivity index (χ1n) is 5.25. The van der Waals surface area contributed by atoms with Crippen molar-refractivity contribution in [1.82, 2.24) is 0 Å². The van der Waals surface area contributed by atoms with Gasteiger partial charge in [-0.2, -0.15) is 0 Å². The normalized spacial score (nSPS) is 24.1. The number of phenols is 1. The maximum atomic E-state index is 11.5. The summed E-state index contributed by atoms with van der Waals surface area (Å²) in [5, 5.41) is 9.11. The van der Waals surface area contributed by atoms with E-state index in [9.17, 15) is 9.59 Å². The molecule has 5 heteroatoms. The molecule has 1 fully saturated rings. The van der Waals surface area contributed by atoms with Crippen molar-refractivity contribution in [3.63, 3.8) is 0 Å². The highest BCUT2D eigenvalue weighted by atomic mass is 16.6. The van der Waals surface area contributed by atoms with E-state index in [4.69, 9.17) is 14.6 Å². The van der Waals surface area contributed by atoms with Crippen LogP contribution in [-0.4, -0.2) is 29.3 Å². The van der Waals surface area contributed by atoms with Crippen molar-refractivity contribution < 1.29 is 24.2 Å². The number of carbonyl (C=O) groups excluding carboxylic acids is 2. The van der Waals surface area contributed by atoms with E-state index < -0.39 is 24.1 Å². The summed E-state index contributed by atoms with van der Waals surface area (Å²) < 4.78 is 9.81. The number of esters is 2. The minimum Gasteiger partial charge on any atom is -0.508 e. The lowest BCUT2D eigenvalue weighted by molar-refractivity contribution is -0.193. The van der Waals surface area contributed by atoms with Crippen molar-refractivity contribution in [3.8, 4) is 5.75 Å². The van der Waals surface area contributed by atoms with Crippen LogP contribution in [0.25, 0.3) is 0 Å². The summed E-state index contributed by atoms with van der Waals surface area (Å²) in [4.78, 5) is 22.7. The van der Waals surface area contributed by atoms with E-state index in [0.29, 0.717) is 0 Å². The summed E-state index contributed by atoms with van der Waals surface area (Å²) in [6, 6.07) is 6.34. The second-order valence-corrected chi connectivity index (χ2v) is 3.88. The van der Waals surface area contributed by atoms with Gasteiger partial charge in [-0.1, -0.05) is 12.1 Å². The van der Waals surface area contributed by atoms with E-state index in [0.717, 1.165) is 5.56 Å². The van der Waals surface area contributed by atoms with Crippen LogP contribution in [0.5, 0.6) is 5.75 Å². The van der Waals surface area contributed by atoms with Gasteiger partial charge < -0.3 is 14.6 Å². The summed E-state index contributed by atoms with van der Waals surface area (Å²) in [6.07, 6.45) is -1.49. The van der Waals surface area contributed by atoms with Crippen molar-refractivity contribution >= 4 is 11.9 Å². The number of cyclic esters (lactones) is 2. The van der Waals surface area contributed by atoms with Gasteiger partial charge in [-0.25, -0.2) is 9.59 Å². The van der Waals surface area contributed by atoms with Crippen molar-refractivity contribution in [1.29, 1.82) is 0 Å². The molecule has 0 amide bonds. The molecule has 1 N–H and O–H groups in total. The number of benzene rings is 1. The molecule has 17 heavy (non-hydrogen) atoms. The Kier molecular flexibility index (Phi) is 2.99. The Balaban J connectivity index is 2.06. The molecular weight excluding hydrogens is 224 g/mol. The standard InChI is InChI=1S/C12H12O5/c1-7-11(14)17-10(12(15)16-7)6-8-2-4-9(13)5-3-8/h2-5,7,10,13H,6H2,1H3/t7?,10-/m0/s1. The molecule has 0 spiro atoms. The van der Waals surface area contributed by atoms with Crippen LogP contribution in [0.15, 0.2) is 24.3 Å². The van der Waals surface area contributed by atoms with Crippen LogP contribution < -0.4 is 0 Å². The molecular formula is C12H12O5. The van der Waals surface area contributed by atoms with Crippen molar-refractivity contribution in [2.45, 2.75) is 25.6 Å². The van der Waals surface area contributed by atoms with Gasteiger partial charge in [0, 0.05) is 6.42 Å². The Hall–Kier alpha value is -2.04. The Labute approximate surface area is 98.0 Å². The SMILES string of the molecule is CC1OC(=O)[C@H](Cc2ccc(O)cc2)OC1=O. The Morgan fingerprint density at radius 2 is 1.76 bits per heavy atom. The second kappa shape index (κ2) is 4.45. The van der Waals surface area contributed by atoms with Crippen LogP contribution in [0, 0.1) is 0 Å². The zero-order chi connectivity index (χ0) is 12.4. The fourth-order valence-electron chi connectivity index (χ4n) is 1.55. The largest absolute Gasteiger partial charge is 0.508 e. The topological polar surface area (TPSA) is 72.8 Å². The Morgan fingerprint density at radius 1 is 1.12 bits per heavy atom. The molecule has 0 aromatic heterocycles. The van der Waals surface area contributed by atoms with Gasteiger partial charge in [-0.15, -0.1) is 0 Å². The molecule has 0 aliphatic carbocycles. The Bertz CT molecular complexity index is 437. The van der Waals surface area contributed by atoms with Gasteiger partial charge in [0.25, 0.3) is 0 Å². The maximum absolute atomic E-state index is 11.5. The zero-order valence-electron chi connectivity index (χ0n) is 9.25. The summed E-state index contributed by atoms with van der Waals surface area (Å²) in [5.41, 5.74) is 0.784. The zero-order valence-corrected chi connectivity index (χ0v) is 9.25. The molecule has 0 radical (unpaired) electrons. The molecule has 1 aliphatic heterocycles. The number of ether oxygens (including phenoxy) is 2. The number of aromatic hydroxyl groups is 1. The van der Waals surface area contributed by atoms with Gasteiger partial charge >= 0.3 is 11.9 Å². The number of phenolic OH excluding ortho intramolecular Hbond substituents is 1. The molecule has 1 unspecified atom stereocenters. The van der Waals surface area contributed by atoms with Gasteiger partial charge in [-0.05, 0) is 24.6 Å². The lowest BCUT2D eigenvalue weighted by Gasteiger charge is -2.25. The third-order valence-electron chi connectivity index (χ3n) is 2.50. The predicted molar refractivity (Wildman–Crippen MR) is 57.2 cm³/mol. The average Bonchev–Trinajstić information content (AvgIpc) is 2.29. The average molecular weight is 236 g/mol. The van der Waals surface area contributed by atoms with E-state index in [2.05, 4.69) is 0 Å². The van der Waals surface area contributed by atoms with Crippen LogP contribution in [0.3, 0.4) is 0 Å². The number of hydrogen-bond donors (Lipinski definition) is 1. The molecule has 0 saturated carbocycles. The highest BCUT2D eigenvalue weighted by molar-refractivity contribution is 5.87. The lowest BCUT2D eigenvalue weighted by Crippen LogP contribution is -2.43. The highest BCUT2D eigenvalue weighted by Gasteiger charge is 2.35. The summed E-state index contributed by atoms with van der Waals surface area (Å²) >= 11 is 0. The predicted octanol–water partition coefficient (Wildman–Crippen LogP) is 0.792. The molecule has 1 heterocycles. The molecule has 0 bridgehead atoms. The second-order valence-electron chi connectivity index (χ2n) is 3.88. The lowest BCUT2D eigenvalue weighted by atomic mass is 10.1. The maximum Gasteiger partial charge on any atom is 0.348 e. The quantitative estimate of drug-likeness (QED) is 0.768. The van der Waals surface area contributed by atoms with Gasteiger partial charge in [0.05, 0.1) is 0 Å². The third-order valence-corrected chi connectivity index (χ3v) is 2.50. The van der Waals surface area contributed by atoms with E-state index in [-0.39, 0.29) is 12.2 Å². The monoisotopic (exact) mass is 236 g/mol. The number of carbonyl (C=O) groups is 2. The fraction of sp³-hybridized carbons (Fsp3) is 0.333. The molecule has 1 saturated heterocycles. The molecule has 1 aromatic carbocycles. The summed E-state index contributed by atoms with van der Waals surface area (Å²) in [7, 11) is 0. The third kappa shape index (κ3) is 2.55. The van der Waals surface area contributed by atoms with E-state index in [1.807, 2.05) is 0 Å². The molecule has 1 aliphatic rings. The summed E-state index contributed by atoms with van der Waals surface area (Å²) in [6.45, 7) is 1.47. The molecule has 90 valence electrons. The van der Waals surface area contributed by atoms with E-state index in [1.165, 1.54) is 19.1 Å². The summed E-state index contributed by atoms with van der Waals surface area (Å²) in [5.74, 6) is -0.927. The van der Waals surface area contributed by atoms with Crippen molar-refractivity contribution in [2.75, 3.05) is 0 Å². The van der Waals surface area contributed by atoms with Crippen molar-refractivity contribution in [2.24, 2.45) is 0 Å². The van der Waals surface area contributed by atoms with Crippen LogP contribution in [0.1, 0.15) is 12.5 Å². The molecule has 2 rings (SSSR count). The first kappa shape index (κ1) is 11.4. The van der Waals surface area contributed by atoms with Gasteiger partial charge in [0.1, 0.15) is 5.75 Å². The first-order valence-corrected chi connectivity index (χ1v) is 5.25. The minimum atomic E-state index is -0.900. The molecule has 2 atom stereocenters. The number of rotatable bonds is 2. The highest BCUT2D eigenvalue weighted by Crippen LogP contribution is 2.17. The molecule has 1 aromatic rings. The van der Waals surface area contributed by atoms with E-state index >= 15 is 0 Å². The van der Waals surface area contributed by atoms with Crippen molar-refractivity contribution in [3.05, 3.63) is 29.8 Å². The number of hydrogen-bond acceptors (Lipinski definition) is 5. The van der Waals surface area contributed by atoms with Crippen LogP contribution >= 0.6 is 0 Å². The minimum absolute atomic E-state index is 0.144. The van der Waals surface area contributed by atoms with Gasteiger partial charge in [0.2, 0.25) is 6.10 Å².